The van der Waals surface area contributed by atoms with Crippen LogP contribution in [0.1, 0.15) is 20.8 Å². The van der Waals surface area contributed by atoms with Gasteiger partial charge in [-0.1, -0.05) is 4.57 Å². The monoisotopic (exact) mass is 203 g/mol. The summed E-state index contributed by atoms with van der Waals surface area (Å²) in [5, 5.41) is 0. The van der Waals surface area contributed by atoms with Gasteiger partial charge in [0.05, 0.1) is 13.2 Å². The van der Waals surface area contributed by atoms with E-state index in [0.29, 0.717) is 13.2 Å². The first-order valence-corrected chi connectivity index (χ1v) is 4.67. The van der Waals surface area contributed by atoms with Crippen LogP contribution in [0.5, 0.6) is 0 Å². The van der Waals surface area contributed by atoms with Crippen LogP contribution in [0, 0.1) is 0 Å². The van der Waals surface area contributed by atoms with E-state index < -0.39 is 13.6 Å². The second-order valence-electron chi connectivity index (χ2n) is 2.02. The van der Waals surface area contributed by atoms with Gasteiger partial charge in [-0.3, -0.25) is 0 Å². The van der Waals surface area contributed by atoms with Crippen molar-refractivity contribution in [1.29, 1.82) is 0 Å². The molecule has 0 aliphatic heterocycles. The Hall–Kier alpha value is 0.980. The molecule has 0 aromatic rings. The van der Waals surface area contributed by atoms with Gasteiger partial charge >= 0.3 is 43.1 Å². The Morgan fingerprint density at radius 2 is 1.67 bits per heavy atom. The van der Waals surface area contributed by atoms with Crippen LogP contribution in [0.3, 0.4) is 0 Å². The van der Waals surface area contributed by atoms with Crippen LogP contribution in [0.2, 0.25) is 0 Å². The molecule has 1 unspecified atom stereocenters. The van der Waals surface area contributed by atoms with Crippen LogP contribution in [-0.2, 0) is 14.0 Å². The van der Waals surface area contributed by atoms with Crippen molar-refractivity contribution in [1.82, 2.24) is 0 Å². The molecule has 12 heavy (non-hydrogen) atoms. The van der Waals surface area contributed by atoms with Gasteiger partial charge in [-0.05, 0) is 13.8 Å². The van der Waals surface area contributed by atoms with E-state index in [1.54, 1.807) is 13.8 Å². The van der Waals surface area contributed by atoms with E-state index in [0.717, 1.165) is 0 Å². The Kier molecular flexibility index (Phi) is 9.52. The Morgan fingerprint density at radius 1 is 1.33 bits per heavy atom. The Balaban J connectivity index is 0. The first-order valence-electron chi connectivity index (χ1n) is 3.49. The molecule has 0 saturated carbocycles. The molecule has 0 saturated heterocycles. The number of hydrogen-bond acceptors (Lipinski definition) is 4. The molecule has 0 N–H and O–H groups in total. The molecule has 0 fully saturated rings. The topological polar surface area (TPSA) is 58.6 Å². The number of rotatable bonds is 5. The van der Waals surface area contributed by atoms with E-state index in [2.05, 4.69) is 0 Å². The average molecular weight is 203 g/mol. The fraction of sp³-hybridized carbons (Fsp3) is 1.00. The van der Waals surface area contributed by atoms with Crippen molar-refractivity contribution in [2.24, 2.45) is 0 Å². The fourth-order valence-electron chi connectivity index (χ4n) is 0.683. The van der Waals surface area contributed by atoms with Gasteiger partial charge in [0.2, 0.25) is 0 Å². The Bertz CT molecular complexity index is 136. The molecule has 0 aliphatic rings. The molecule has 0 spiro atoms. The predicted molar refractivity (Wildman–Crippen MR) is 39.3 cm³/mol. The SMILES string of the molecule is CCOC(C)(OCC)[P+](=O)[O-].[Na+]. The van der Waals surface area contributed by atoms with Crippen molar-refractivity contribution in [2.45, 2.75) is 26.3 Å². The van der Waals surface area contributed by atoms with E-state index in [-0.39, 0.29) is 29.6 Å². The molecule has 0 aromatic carbocycles. The first-order chi connectivity index (χ1) is 5.06. The average Bonchev–Trinajstić information content (AvgIpc) is 1.88. The van der Waals surface area contributed by atoms with Crippen LogP contribution in [0.25, 0.3) is 0 Å². The van der Waals surface area contributed by atoms with E-state index in [4.69, 9.17) is 9.47 Å². The zero-order chi connectivity index (χ0) is 8.91. The van der Waals surface area contributed by atoms with Crippen molar-refractivity contribution < 1.29 is 48.5 Å². The second-order valence-corrected chi connectivity index (χ2v) is 3.35. The summed E-state index contributed by atoms with van der Waals surface area (Å²) in [6, 6.07) is 0. The van der Waals surface area contributed by atoms with Crippen LogP contribution < -0.4 is 34.5 Å². The summed E-state index contributed by atoms with van der Waals surface area (Å²) < 4.78 is 20.4. The van der Waals surface area contributed by atoms with E-state index in [1.165, 1.54) is 6.92 Å². The summed E-state index contributed by atoms with van der Waals surface area (Å²) in [7, 11) is -2.70. The smallest absolute Gasteiger partial charge is 0.591 e. The zero-order valence-corrected chi connectivity index (χ0v) is 10.9. The van der Waals surface area contributed by atoms with E-state index >= 15 is 0 Å². The quantitative estimate of drug-likeness (QED) is 0.290. The van der Waals surface area contributed by atoms with Crippen LogP contribution in [-0.4, -0.2) is 18.7 Å². The molecular weight excluding hydrogens is 190 g/mol. The summed E-state index contributed by atoms with van der Waals surface area (Å²) in [6.07, 6.45) is 0. The minimum atomic E-state index is -2.70. The molecule has 6 heteroatoms. The van der Waals surface area contributed by atoms with Crippen molar-refractivity contribution in [3.05, 3.63) is 0 Å². The molecule has 0 heterocycles. The Morgan fingerprint density at radius 3 is 1.83 bits per heavy atom. The van der Waals surface area contributed by atoms with Crippen molar-refractivity contribution >= 4 is 8.03 Å². The summed E-state index contributed by atoms with van der Waals surface area (Å²) in [6.45, 7) is 5.47. The molecule has 66 valence electrons. The van der Waals surface area contributed by atoms with Gasteiger partial charge < -0.3 is 14.4 Å². The standard InChI is InChI=1S/C6H13O4P.Na/c1-4-9-6(3,10-5-2)11(7)8;/h4-5H2,1-3H3;/q;+1. The summed E-state index contributed by atoms with van der Waals surface area (Å²) in [4.78, 5) is 10.6. The third-order valence-corrected chi connectivity index (χ3v) is 2.08. The normalized spacial score (nSPS) is 12.2. The number of ether oxygens (including phenoxy) is 2. The largest absolute Gasteiger partial charge is 1.00 e. The third-order valence-electron chi connectivity index (χ3n) is 1.16. The molecule has 0 aromatic heterocycles. The van der Waals surface area contributed by atoms with Crippen molar-refractivity contribution in [3.63, 3.8) is 0 Å². The molecule has 0 amide bonds. The van der Waals surface area contributed by atoms with Crippen molar-refractivity contribution in [3.8, 4) is 0 Å². The maximum Gasteiger partial charge on any atom is 1.00 e. The minimum absolute atomic E-state index is 0. The molecule has 1 atom stereocenters. The van der Waals surface area contributed by atoms with Gasteiger partial charge in [0, 0.05) is 6.92 Å². The van der Waals surface area contributed by atoms with Crippen LogP contribution >= 0.6 is 8.03 Å². The molecule has 0 aliphatic carbocycles. The van der Waals surface area contributed by atoms with E-state index in [9.17, 15) is 9.46 Å². The van der Waals surface area contributed by atoms with Crippen LogP contribution in [0.4, 0.5) is 0 Å². The van der Waals surface area contributed by atoms with Gasteiger partial charge in [-0.25, -0.2) is 0 Å². The van der Waals surface area contributed by atoms with Gasteiger partial charge in [0.25, 0.3) is 0 Å². The van der Waals surface area contributed by atoms with Gasteiger partial charge in [0.15, 0.2) is 0 Å². The third kappa shape index (κ3) is 4.87. The summed E-state index contributed by atoms with van der Waals surface area (Å²) in [5.74, 6) is 0. The van der Waals surface area contributed by atoms with Crippen LogP contribution in [0.15, 0.2) is 0 Å². The van der Waals surface area contributed by atoms with Crippen molar-refractivity contribution in [2.75, 3.05) is 13.2 Å². The molecular formula is C6H13NaO4P+. The number of hydrogen-bond donors (Lipinski definition) is 0. The summed E-state index contributed by atoms with van der Waals surface area (Å²) in [5.41, 5.74) is -1.45. The first kappa shape index (κ1) is 15.5. The maximum atomic E-state index is 10.6. The molecule has 4 nitrogen and oxygen atoms in total. The molecule has 0 radical (unpaired) electrons. The van der Waals surface area contributed by atoms with Gasteiger partial charge in [-0.15, -0.1) is 0 Å². The second kappa shape index (κ2) is 7.39. The predicted octanol–water partition coefficient (Wildman–Crippen LogP) is -2.16. The fourth-order valence-corrected chi connectivity index (χ4v) is 1.15. The minimum Gasteiger partial charge on any atom is -0.591 e. The molecule has 0 bridgehead atoms. The van der Waals surface area contributed by atoms with E-state index in [1.807, 2.05) is 0 Å². The summed E-state index contributed by atoms with van der Waals surface area (Å²) >= 11 is 0. The molecule has 0 rings (SSSR count). The van der Waals surface area contributed by atoms with Gasteiger partial charge in [-0.2, -0.15) is 0 Å². The Labute approximate surface area is 95.8 Å². The maximum absolute atomic E-state index is 10.6. The zero-order valence-electron chi connectivity index (χ0n) is 7.99. The van der Waals surface area contributed by atoms with Gasteiger partial charge in [0.1, 0.15) is 0 Å².